The van der Waals surface area contributed by atoms with Gasteiger partial charge in [0.05, 0.1) is 0 Å². The van der Waals surface area contributed by atoms with Gasteiger partial charge in [-0.1, -0.05) is 22.9 Å². The second-order valence-electron chi connectivity index (χ2n) is 5.23. The van der Waals surface area contributed by atoms with Gasteiger partial charge in [-0.3, -0.25) is 0 Å². The van der Waals surface area contributed by atoms with Crippen LogP contribution in [0.25, 0.3) is 0 Å². The molecule has 6 heteroatoms. The normalized spacial score (nSPS) is 31.2. The molecule has 0 radical (unpaired) electrons. The summed E-state index contributed by atoms with van der Waals surface area (Å²) in [5, 5.41) is 10.1. The van der Waals surface area contributed by atoms with E-state index in [-0.39, 0.29) is 0 Å². The van der Waals surface area contributed by atoms with Gasteiger partial charge in [-0.25, -0.2) is 4.98 Å². The van der Waals surface area contributed by atoms with Gasteiger partial charge in [0.1, 0.15) is 10.9 Å². The first-order chi connectivity index (χ1) is 8.67. The number of nitrogens with two attached hydrogens (primary N) is 1. The quantitative estimate of drug-likeness (QED) is 0.858. The van der Waals surface area contributed by atoms with Crippen LogP contribution in [0.1, 0.15) is 24.1 Å². The summed E-state index contributed by atoms with van der Waals surface area (Å²) in [4.78, 5) is 7.08. The Balaban J connectivity index is 1.77. The van der Waals surface area contributed by atoms with Crippen LogP contribution in [-0.4, -0.2) is 24.1 Å². The molecule has 2 aliphatic rings. The van der Waals surface area contributed by atoms with Crippen molar-refractivity contribution < 1.29 is 0 Å². The predicted octanol–water partition coefficient (Wildman–Crippen LogP) is 2.23. The third-order valence-corrected chi connectivity index (χ3v) is 5.44. The number of fused-ring (bicyclic) bond motifs is 1. The van der Waals surface area contributed by atoms with Crippen molar-refractivity contribution in [2.75, 3.05) is 18.0 Å². The number of thiazole rings is 1. The highest BCUT2D eigenvalue weighted by atomic mass is 35.5. The molecule has 1 saturated carbocycles. The highest BCUT2D eigenvalue weighted by molar-refractivity contribution is 7.16. The lowest BCUT2D eigenvalue weighted by Crippen LogP contribution is -2.32. The Morgan fingerprint density at radius 3 is 2.89 bits per heavy atom. The minimum Gasteiger partial charge on any atom is -0.347 e. The molecule has 0 aromatic carbocycles. The van der Waals surface area contributed by atoms with Gasteiger partial charge in [-0.2, -0.15) is 5.26 Å². The van der Waals surface area contributed by atoms with E-state index in [4.69, 9.17) is 22.6 Å². The molecule has 1 unspecified atom stereocenters. The first-order valence-corrected chi connectivity index (χ1v) is 7.43. The molecule has 1 aromatic rings. The molecule has 4 nitrogen and oxygen atoms in total. The molecule has 0 spiro atoms. The molecule has 1 aromatic heterocycles. The van der Waals surface area contributed by atoms with Crippen molar-refractivity contribution in [3.63, 3.8) is 0 Å². The second kappa shape index (κ2) is 4.69. The van der Waals surface area contributed by atoms with E-state index in [9.17, 15) is 0 Å². The van der Waals surface area contributed by atoms with Crippen LogP contribution in [0, 0.1) is 23.2 Å². The Morgan fingerprint density at radius 2 is 2.17 bits per heavy atom. The molecule has 3 atom stereocenters. The fourth-order valence-electron chi connectivity index (χ4n) is 3.12. The number of aromatic nitrogens is 1. The first-order valence-electron chi connectivity index (χ1n) is 6.24. The lowest BCUT2D eigenvalue weighted by atomic mass is 9.79. The predicted molar refractivity (Wildman–Crippen MR) is 72.9 cm³/mol. The number of nitrogens with zero attached hydrogens (tertiary/aromatic N) is 3. The minimum atomic E-state index is 0.337. The topological polar surface area (TPSA) is 65.9 Å². The zero-order valence-electron chi connectivity index (χ0n) is 9.97. The first kappa shape index (κ1) is 12.2. The zero-order valence-corrected chi connectivity index (χ0v) is 11.5. The van der Waals surface area contributed by atoms with Gasteiger partial charge >= 0.3 is 0 Å². The second-order valence-corrected chi connectivity index (χ2v) is 6.56. The molecule has 0 amide bonds. The van der Waals surface area contributed by atoms with Gasteiger partial charge in [0, 0.05) is 19.1 Å². The summed E-state index contributed by atoms with van der Waals surface area (Å²) in [5.74, 6) is 1.42. The van der Waals surface area contributed by atoms with Gasteiger partial charge in [0.2, 0.25) is 0 Å². The van der Waals surface area contributed by atoms with E-state index in [0.717, 1.165) is 37.0 Å². The molecule has 2 heterocycles. The maximum Gasteiger partial charge on any atom is 0.188 e. The van der Waals surface area contributed by atoms with Gasteiger partial charge in [0.15, 0.2) is 10.3 Å². The van der Waals surface area contributed by atoms with Crippen LogP contribution < -0.4 is 10.6 Å². The van der Waals surface area contributed by atoms with Crippen LogP contribution in [0.3, 0.4) is 0 Å². The van der Waals surface area contributed by atoms with Crippen molar-refractivity contribution >= 4 is 28.1 Å². The molecule has 2 fully saturated rings. The van der Waals surface area contributed by atoms with E-state index >= 15 is 0 Å². The molecule has 1 aliphatic heterocycles. The van der Waals surface area contributed by atoms with Crippen LogP contribution in [0.15, 0.2) is 0 Å². The highest BCUT2D eigenvalue weighted by Gasteiger charge is 2.37. The Kier molecular flexibility index (Phi) is 3.18. The van der Waals surface area contributed by atoms with E-state index in [1.165, 1.54) is 17.8 Å². The zero-order chi connectivity index (χ0) is 12.7. The summed E-state index contributed by atoms with van der Waals surface area (Å²) < 4.78 is 0. The van der Waals surface area contributed by atoms with Crippen molar-refractivity contribution in [2.45, 2.75) is 25.3 Å². The standard InChI is InChI=1S/C12H15ClN4S/c13-11-10(4-14)18-12(16-11)17-5-7-1-2-9(15)3-8(7)6-17/h7-9H,1-3,5-6,15H2/t7-,8+,9?/m1/s1. The van der Waals surface area contributed by atoms with Gasteiger partial charge in [0.25, 0.3) is 0 Å². The number of nitriles is 1. The lowest BCUT2D eigenvalue weighted by Gasteiger charge is -2.27. The molecule has 0 bridgehead atoms. The SMILES string of the molecule is N#Cc1sc(N2C[C@H]3CCC(N)C[C@H]3C2)nc1Cl. The summed E-state index contributed by atoms with van der Waals surface area (Å²) in [7, 11) is 0. The lowest BCUT2D eigenvalue weighted by molar-refractivity contribution is 0.271. The number of hydrogen-bond donors (Lipinski definition) is 1. The Hall–Kier alpha value is -0.830. The third-order valence-electron chi connectivity index (χ3n) is 4.04. The van der Waals surface area contributed by atoms with E-state index in [1.54, 1.807) is 0 Å². The van der Waals surface area contributed by atoms with E-state index < -0.39 is 0 Å². The Labute approximate surface area is 115 Å². The molecular weight excluding hydrogens is 268 g/mol. The number of halogens is 1. The van der Waals surface area contributed by atoms with Crippen molar-refractivity contribution in [1.29, 1.82) is 5.26 Å². The smallest absolute Gasteiger partial charge is 0.188 e. The van der Waals surface area contributed by atoms with Gasteiger partial charge in [-0.05, 0) is 31.1 Å². The summed E-state index contributed by atoms with van der Waals surface area (Å²) in [5.41, 5.74) is 6.03. The van der Waals surface area contributed by atoms with E-state index in [2.05, 4.69) is 16.0 Å². The average Bonchev–Trinajstić information content (AvgIpc) is 2.91. The van der Waals surface area contributed by atoms with Crippen LogP contribution in [0.5, 0.6) is 0 Å². The van der Waals surface area contributed by atoms with Crippen molar-refractivity contribution in [1.82, 2.24) is 4.98 Å². The Bertz CT molecular complexity index is 495. The monoisotopic (exact) mass is 282 g/mol. The number of rotatable bonds is 1. The molecule has 96 valence electrons. The van der Waals surface area contributed by atoms with Gasteiger partial charge < -0.3 is 10.6 Å². The highest BCUT2D eigenvalue weighted by Crippen LogP contribution is 2.39. The van der Waals surface area contributed by atoms with Crippen molar-refractivity contribution in [2.24, 2.45) is 17.6 Å². The summed E-state index contributed by atoms with van der Waals surface area (Å²) in [6.07, 6.45) is 3.47. The largest absolute Gasteiger partial charge is 0.347 e. The maximum atomic E-state index is 8.92. The van der Waals surface area contributed by atoms with Crippen LogP contribution in [-0.2, 0) is 0 Å². The number of anilines is 1. The molecular formula is C12H15ClN4S. The fourth-order valence-corrected chi connectivity index (χ4v) is 4.18. The fraction of sp³-hybridized carbons (Fsp3) is 0.667. The summed E-state index contributed by atoms with van der Waals surface area (Å²) in [6.45, 7) is 2.04. The van der Waals surface area contributed by atoms with Crippen LogP contribution in [0.2, 0.25) is 5.15 Å². The third kappa shape index (κ3) is 2.09. The minimum absolute atomic E-state index is 0.337. The van der Waals surface area contributed by atoms with E-state index in [1.807, 2.05) is 0 Å². The van der Waals surface area contributed by atoms with Gasteiger partial charge in [-0.15, -0.1) is 0 Å². The molecule has 18 heavy (non-hydrogen) atoms. The maximum absolute atomic E-state index is 8.92. The molecule has 1 aliphatic carbocycles. The van der Waals surface area contributed by atoms with Crippen molar-refractivity contribution in [3.8, 4) is 6.07 Å². The molecule has 1 saturated heterocycles. The van der Waals surface area contributed by atoms with Crippen LogP contribution >= 0.6 is 22.9 Å². The summed E-state index contributed by atoms with van der Waals surface area (Å²) >= 11 is 7.32. The number of hydrogen-bond acceptors (Lipinski definition) is 5. The summed E-state index contributed by atoms with van der Waals surface area (Å²) in [6, 6.07) is 2.45. The van der Waals surface area contributed by atoms with Crippen LogP contribution in [0.4, 0.5) is 5.13 Å². The van der Waals surface area contributed by atoms with Crippen molar-refractivity contribution in [3.05, 3.63) is 10.0 Å². The molecule has 3 rings (SSSR count). The Morgan fingerprint density at radius 1 is 1.39 bits per heavy atom. The van der Waals surface area contributed by atoms with E-state index in [0.29, 0.717) is 22.0 Å². The average molecular weight is 283 g/mol. The molecule has 2 N–H and O–H groups in total.